The zero-order chi connectivity index (χ0) is 14.9. The Kier molecular flexibility index (Phi) is 4.22. The topological polar surface area (TPSA) is 66.8 Å². The maximum Gasteiger partial charge on any atom is 0.314 e. The number of phenolic OH excluding ortho intramolecular Hbond substituents is 1. The fraction of sp³-hybridized carbons (Fsp3) is 0.500. The number of aromatic hydroxyl groups is 1. The largest absolute Gasteiger partial charge is 0.504 e. The molecule has 4 nitrogen and oxygen atoms in total. The summed E-state index contributed by atoms with van der Waals surface area (Å²) in [5.41, 5.74) is -1.54. The third kappa shape index (κ3) is 2.26. The van der Waals surface area contributed by atoms with Crippen LogP contribution in [0.3, 0.4) is 0 Å². The summed E-state index contributed by atoms with van der Waals surface area (Å²) in [4.78, 5) is 11.7. The second-order valence-electron chi connectivity index (χ2n) is 5.04. The van der Waals surface area contributed by atoms with Crippen molar-refractivity contribution in [3.8, 4) is 11.5 Å². The summed E-state index contributed by atoms with van der Waals surface area (Å²) in [7, 11) is 1.34. The lowest BCUT2D eigenvalue weighted by Gasteiger charge is -2.34. The number of hydrogen-bond acceptors (Lipinski definition) is 3. The minimum absolute atomic E-state index is 0.0626. The van der Waals surface area contributed by atoms with Gasteiger partial charge in [-0.2, -0.15) is 0 Å². The van der Waals surface area contributed by atoms with Crippen molar-refractivity contribution in [2.75, 3.05) is 7.11 Å². The van der Waals surface area contributed by atoms with E-state index in [1.807, 2.05) is 0 Å². The highest BCUT2D eigenvalue weighted by Gasteiger charge is 2.46. The number of ether oxygens (including phenoxy) is 1. The van der Waals surface area contributed by atoms with Gasteiger partial charge >= 0.3 is 5.97 Å². The van der Waals surface area contributed by atoms with Crippen LogP contribution in [0.15, 0.2) is 10.5 Å². The summed E-state index contributed by atoms with van der Waals surface area (Å²) in [5, 5.41) is 19.9. The smallest absolute Gasteiger partial charge is 0.314 e. The number of aliphatic carboxylic acids is 1. The highest BCUT2D eigenvalue weighted by molar-refractivity contribution is 9.10. The highest BCUT2D eigenvalue weighted by Crippen LogP contribution is 2.49. The van der Waals surface area contributed by atoms with Crippen molar-refractivity contribution in [2.24, 2.45) is 0 Å². The van der Waals surface area contributed by atoms with E-state index >= 15 is 0 Å². The van der Waals surface area contributed by atoms with Gasteiger partial charge in [0.25, 0.3) is 0 Å². The van der Waals surface area contributed by atoms with Crippen molar-refractivity contribution < 1.29 is 24.1 Å². The van der Waals surface area contributed by atoms with E-state index in [2.05, 4.69) is 15.9 Å². The van der Waals surface area contributed by atoms with Crippen LogP contribution in [0.5, 0.6) is 11.5 Å². The molecule has 0 radical (unpaired) electrons. The lowest BCUT2D eigenvalue weighted by atomic mass is 9.69. The van der Waals surface area contributed by atoms with E-state index in [1.165, 1.54) is 7.11 Å². The average molecular weight is 347 g/mol. The van der Waals surface area contributed by atoms with Gasteiger partial charge < -0.3 is 14.9 Å². The minimum Gasteiger partial charge on any atom is -0.504 e. The molecule has 0 unspecified atom stereocenters. The number of methoxy groups -OCH3 is 1. The van der Waals surface area contributed by atoms with E-state index in [9.17, 15) is 19.4 Å². The molecule has 0 heterocycles. The first-order chi connectivity index (χ1) is 9.44. The normalized spacial score (nSPS) is 17.8. The Labute approximate surface area is 124 Å². The van der Waals surface area contributed by atoms with Gasteiger partial charge in [-0.25, -0.2) is 4.39 Å². The third-order valence-corrected chi connectivity index (χ3v) is 4.55. The zero-order valence-corrected chi connectivity index (χ0v) is 12.7. The predicted molar refractivity (Wildman–Crippen MR) is 74.7 cm³/mol. The first kappa shape index (κ1) is 15.1. The molecule has 2 N–H and O–H groups in total. The molecule has 0 atom stereocenters. The fourth-order valence-electron chi connectivity index (χ4n) is 2.96. The van der Waals surface area contributed by atoms with Crippen LogP contribution >= 0.6 is 15.9 Å². The zero-order valence-electron chi connectivity index (χ0n) is 11.1. The lowest BCUT2D eigenvalue weighted by Crippen LogP contribution is -2.38. The molecule has 0 saturated heterocycles. The van der Waals surface area contributed by atoms with Crippen LogP contribution in [0.25, 0.3) is 0 Å². The Morgan fingerprint density at radius 2 is 2.00 bits per heavy atom. The van der Waals surface area contributed by atoms with Crippen molar-refractivity contribution >= 4 is 21.9 Å². The Balaban J connectivity index is 2.68. The fourth-order valence-corrected chi connectivity index (χ4v) is 3.51. The molecule has 0 spiro atoms. The molecule has 0 amide bonds. The van der Waals surface area contributed by atoms with Gasteiger partial charge in [-0.15, -0.1) is 0 Å². The molecular formula is C14H16BrFO4. The quantitative estimate of drug-likeness (QED) is 0.877. The van der Waals surface area contributed by atoms with Crippen molar-refractivity contribution in [3.05, 3.63) is 21.9 Å². The highest BCUT2D eigenvalue weighted by atomic mass is 79.9. The van der Waals surface area contributed by atoms with E-state index in [4.69, 9.17) is 4.74 Å². The number of rotatable bonds is 3. The molecular weight excluding hydrogens is 331 g/mol. The summed E-state index contributed by atoms with van der Waals surface area (Å²) in [6, 6.07) is 1.15. The molecule has 2 rings (SSSR count). The molecule has 0 aliphatic heterocycles. The Bertz CT molecular complexity index is 538. The number of hydrogen-bond donors (Lipinski definition) is 2. The summed E-state index contributed by atoms with van der Waals surface area (Å²) < 4.78 is 19.6. The number of carboxylic acid groups (broad SMARTS) is 1. The SMILES string of the molecule is COc1c(Br)cc(F)c(C2(C(=O)O)CCCCC2)c1O. The van der Waals surface area contributed by atoms with Crippen LogP contribution in [0.1, 0.15) is 37.7 Å². The van der Waals surface area contributed by atoms with Gasteiger partial charge in [-0.1, -0.05) is 19.3 Å². The molecule has 1 aromatic carbocycles. The van der Waals surface area contributed by atoms with E-state index in [0.717, 1.165) is 12.5 Å². The number of halogens is 2. The summed E-state index contributed by atoms with van der Waals surface area (Å²) >= 11 is 3.10. The van der Waals surface area contributed by atoms with E-state index in [-0.39, 0.29) is 15.8 Å². The predicted octanol–water partition coefficient (Wildman–Crippen LogP) is 3.59. The molecule has 6 heteroatoms. The standard InChI is InChI=1S/C14H16BrFO4/c1-20-12-8(15)7-9(16)10(11(12)17)14(13(18)19)5-3-2-4-6-14/h7,17H,2-6H2,1H3,(H,18,19). The third-order valence-electron chi connectivity index (χ3n) is 3.96. The Morgan fingerprint density at radius 1 is 1.40 bits per heavy atom. The molecule has 1 aromatic rings. The summed E-state index contributed by atoms with van der Waals surface area (Å²) in [6.07, 6.45) is 2.95. The number of benzene rings is 1. The van der Waals surface area contributed by atoms with Gasteiger partial charge in [0.1, 0.15) is 5.82 Å². The van der Waals surface area contributed by atoms with Crippen LogP contribution in [0.4, 0.5) is 4.39 Å². The van der Waals surface area contributed by atoms with Crippen LogP contribution in [-0.4, -0.2) is 23.3 Å². The minimum atomic E-state index is -1.37. The Morgan fingerprint density at radius 3 is 2.50 bits per heavy atom. The monoisotopic (exact) mass is 346 g/mol. The van der Waals surface area contributed by atoms with Gasteiger partial charge in [0, 0.05) is 0 Å². The number of carbonyl (C=O) groups is 1. The molecule has 110 valence electrons. The molecule has 20 heavy (non-hydrogen) atoms. The van der Waals surface area contributed by atoms with Crippen molar-refractivity contribution in [1.82, 2.24) is 0 Å². The second-order valence-corrected chi connectivity index (χ2v) is 5.90. The maximum atomic E-state index is 14.3. The lowest BCUT2D eigenvalue weighted by molar-refractivity contribution is -0.145. The molecule has 0 aromatic heterocycles. The van der Waals surface area contributed by atoms with Crippen molar-refractivity contribution in [3.63, 3.8) is 0 Å². The number of carboxylic acids is 1. The summed E-state index contributed by atoms with van der Waals surface area (Å²) in [6.45, 7) is 0. The van der Waals surface area contributed by atoms with E-state index in [1.54, 1.807) is 0 Å². The van der Waals surface area contributed by atoms with Crippen molar-refractivity contribution in [2.45, 2.75) is 37.5 Å². The van der Waals surface area contributed by atoms with Crippen LogP contribution in [0, 0.1) is 5.82 Å². The average Bonchev–Trinajstić information content (AvgIpc) is 2.39. The van der Waals surface area contributed by atoms with Gasteiger partial charge in [-0.05, 0) is 34.8 Å². The summed E-state index contributed by atoms with van der Waals surface area (Å²) in [5.74, 6) is -2.19. The molecule has 1 aliphatic carbocycles. The first-order valence-corrected chi connectivity index (χ1v) is 7.22. The second kappa shape index (κ2) is 5.60. The first-order valence-electron chi connectivity index (χ1n) is 6.43. The van der Waals surface area contributed by atoms with Gasteiger partial charge in [0.05, 0.1) is 22.6 Å². The van der Waals surface area contributed by atoms with Gasteiger partial charge in [0.2, 0.25) is 0 Å². The molecule has 1 aliphatic rings. The van der Waals surface area contributed by atoms with Crippen LogP contribution in [-0.2, 0) is 10.2 Å². The van der Waals surface area contributed by atoms with Gasteiger partial charge in [0.15, 0.2) is 11.5 Å². The number of phenols is 1. The van der Waals surface area contributed by atoms with Crippen LogP contribution < -0.4 is 4.74 Å². The van der Waals surface area contributed by atoms with Crippen molar-refractivity contribution in [1.29, 1.82) is 0 Å². The molecule has 0 bridgehead atoms. The molecule has 1 fully saturated rings. The van der Waals surface area contributed by atoms with Crippen LogP contribution in [0.2, 0.25) is 0 Å². The van der Waals surface area contributed by atoms with E-state index < -0.39 is 23.0 Å². The maximum absolute atomic E-state index is 14.3. The van der Waals surface area contributed by atoms with E-state index in [0.29, 0.717) is 25.7 Å². The molecule has 1 saturated carbocycles. The van der Waals surface area contributed by atoms with Gasteiger partial charge in [-0.3, -0.25) is 4.79 Å². The Hall–Kier alpha value is -1.30.